The maximum atomic E-state index is 10.6. The lowest BCUT2D eigenvalue weighted by molar-refractivity contribution is -0.132. The lowest BCUT2D eigenvalue weighted by atomic mass is 10.1. The predicted octanol–water partition coefficient (Wildman–Crippen LogP) is 1.68. The Hall–Kier alpha value is -1.61. The number of carbonyl (C=O) groups is 1. The van der Waals surface area contributed by atoms with Gasteiger partial charge in [0.2, 0.25) is 0 Å². The fraction of sp³-hybridized carbons (Fsp3) is 0.250. The van der Waals surface area contributed by atoms with Gasteiger partial charge in [0.25, 0.3) is 0 Å². The van der Waals surface area contributed by atoms with Crippen molar-refractivity contribution in [2.24, 2.45) is 5.73 Å². The van der Waals surface area contributed by atoms with Crippen LogP contribution in [0.5, 0.6) is 0 Å². The molecule has 1 aromatic carbocycles. The minimum atomic E-state index is -0.888. The summed E-state index contributed by atoms with van der Waals surface area (Å²) in [6, 6.07) is 7.73. The van der Waals surface area contributed by atoms with E-state index in [1.807, 2.05) is 24.3 Å². The third-order valence-electron chi connectivity index (χ3n) is 2.13. The predicted molar refractivity (Wildman–Crippen MR) is 60.5 cm³/mol. The molecule has 3 N–H and O–H groups in total. The summed E-state index contributed by atoms with van der Waals surface area (Å²) in [6.07, 6.45) is 2.50. The molecule has 0 aromatic heterocycles. The van der Waals surface area contributed by atoms with Gasteiger partial charge in [-0.2, -0.15) is 0 Å². The second-order valence-electron chi connectivity index (χ2n) is 3.41. The van der Waals surface area contributed by atoms with Gasteiger partial charge in [0.05, 0.1) is 0 Å². The SMILES string of the molecule is CC(=Cc1ccc(CCN)cc1)C(=O)O. The van der Waals surface area contributed by atoms with E-state index in [-0.39, 0.29) is 0 Å². The number of carboxylic acid groups (broad SMARTS) is 1. The number of rotatable bonds is 4. The number of benzene rings is 1. The lowest BCUT2D eigenvalue weighted by Gasteiger charge is -2.00. The van der Waals surface area contributed by atoms with Crippen LogP contribution in [0, 0.1) is 0 Å². The van der Waals surface area contributed by atoms with Gasteiger partial charge in [-0.3, -0.25) is 0 Å². The van der Waals surface area contributed by atoms with E-state index in [1.54, 1.807) is 13.0 Å². The Balaban J connectivity index is 2.80. The molecule has 1 aromatic rings. The first-order valence-corrected chi connectivity index (χ1v) is 4.84. The molecule has 0 aliphatic carbocycles. The molecule has 0 heterocycles. The molecule has 1 rings (SSSR count). The van der Waals surface area contributed by atoms with Crippen molar-refractivity contribution in [1.29, 1.82) is 0 Å². The summed E-state index contributed by atoms with van der Waals surface area (Å²) in [4.78, 5) is 10.6. The van der Waals surface area contributed by atoms with Crippen LogP contribution >= 0.6 is 0 Å². The molecule has 0 saturated carbocycles. The van der Waals surface area contributed by atoms with Crippen LogP contribution in [0.2, 0.25) is 0 Å². The van der Waals surface area contributed by atoms with E-state index >= 15 is 0 Å². The smallest absolute Gasteiger partial charge is 0.331 e. The molecule has 0 aliphatic heterocycles. The zero-order valence-corrected chi connectivity index (χ0v) is 8.73. The maximum absolute atomic E-state index is 10.6. The summed E-state index contributed by atoms with van der Waals surface area (Å²) in [5.41, 5.74) is 7.83. The molecule has 0 atom stereocenters. The topological polar surface area (TPSA) is 63.3 Å². The summed E-state index contributed by atoms with van der Waals surface area (Å²) in [5, 5.41) is 8.70. The van der Waals surface area contributed by atoms with E-state index in [0.717, 1.165) is 12.0 Å². The first-order chi connectivity index (χ1) is 7.13. The highest BCUT2D eigenvalue weighted by molar-refractivity contribution is 5.91. The van der Waals surface area contributed by atoms with Crippen LogP contribution < -0.4 is 5.73 Å². The maximum Gasteiger partial charge on any atom is 0.331 e. The molecule has 0 fully saturated rings. The first kappa shape index (κ1) is 11.5. The minimum absolute atomic E-state index is 0.335. The molecule has 0 saturated heterocycles. The summed E-state index contributed by atoms with van der Waals surface area (Å²) in [7, 11) is 0. The Bertz CT molecular complexity index is 366. The Morgan fingerprint density at radius 3 is 2.47 bits per heavy atom. The Morgan fingerprint density at radius 1 is 1.40 bits per heavy atom. The van der Waals surface area contributed by atoms with Gasteiger partial charge < -0.3 is 10.8 Å². The molecule has 0 radical (unpaired) electrons. The van der Waals surface area contributed by atoms with Crippen molar-refractivity contribution in [2.45, 2.75) is 13.3 Å². The number of hydrogen-bond donors (Lipinski definition) is 2. The largest absolute Gasteiger partial charge is 0.478 e. The van der Waals surface area contributed by atoms with Crippen molar-refractivity contribution >= 4 is 12.0 Å². The zero-order valence-electron chi connectivity index (χ0n) is 8.73. The third-order valence-corrected chi connectivity index (χ3v) is 2.13. The van der Waals surface area contributed by atoms with Crippen molar-refractivity contribution in [2.75, 3.05) is 6.54 Å². The Kier molecular flexibility index (Phi) is 4.06. The van der Waals surface area contributed by atoms with Crippen LogP contribution in [0.25, 0.3) is 6.08 Å². The van der Waals surface area contributed by atoms with Crippen LogP contribution in [-0.4, -0.2) is 17.6 Å². The summed E-state index contributed by atoms with van der Waals surface area (Å²) >= 11 is 0. The average Bonchev–Trinajstić information content (AvgIpc) is 2.21. The Morgan fingerprint density at radius 2 is 2.00 bits per heavy atom. The minimum Gasteiger partial charge on any atom is -0.478 e. The highest BCUT2D eigenvalue weighted by Gasteiger charge is 1.99. The van der Waals surface area contributed by atoms with Crippen molar-refractivity contribution in [3.8, 4) is 0 Å². The molecule has 80 valence electrons. The molecule has 0 bridgehead atoms. The van der Waals surface area contributed by atoms with E-state index in [1.165, 1.54) is 5.56 Å². The van der Waals surface area contributed by atoms with E-state index in [9.17, 15) is 4.79 Å². The highest BCUT2D eigenvalue weighted by Crippen LogP contribution is 2.09. The summed E-state index contributed by atoms with van der Waals surface area (Å²) in [5.74, 6) is -0.888. The number of hydrogen-bond acceptors (Lipinski definition) is 2. The van der Waals surface area contributed by atoms with Crippen molar-refractivity contribution in [3.63, 3.8) is 0 Å². The van der Waals surface area contributed by atoms with Gasteiger partial charge >= 0.3 is 5.97 Å². The van der Waals surface area contributed by atoms with Crippen molar-refractivity contribution in [3.05, 3.63) is 41.0 Å². The molecular formula is C12H15NO2. The van der Waals surface area contributed by atoms with Gasteiger partial charge in [0.15, 0.2) is 0 Å². The van der Waals surface area contributed by atoms with E-state index in [2.05, 4.69) is 0 Å². The van der Waals surface area contributed by atoms with Crippen LogP contribution in [-0.2, 0) is 11.2 Å². The summed E-state index contributed by atoms with van der Waals surface area (Å²) < 4.78 is 0. The zero-order chi connectivity index (χ0) is 11.3. The molecule has 3 nitrogen and oxygen atoms in total. The van der Waals surface area contributed by atoms with E-state index in [0.29, 0.717) is 12.1 Å². The fourth-order valence-corrected chi connectivity index (χ4v) is 1.26. The molecule has 0 unspecified atom stereocenters. The van der Waals surface area contributed by atoms with Crippen LogP contribution in [0.1, 0.15) is 18.1 Å². The molecular weight excluding hydrogens is 190 g/mol. The lowest BCUT2D eigenvalue weighted by Crippen LogP contribution is -2.02. The van der Waals surface area contributed by atoms with Gasteiger partial charge in [-0.25, -0.2) is 4.79 Å². The third kappa shape index (κ3) is 3.56. The molecule has 0 amide bonds. The number of carboxylic acids is 1. The molecule has 3 heteroatoms. The van der Waals surface area contributed by atoms with Crippen molar-refractivity contribution in [1.82, 2.24) is 0 Å². The normalized spacial score (nSPS) is 11.5. The second-order valence-corrected chi connectivity index (χ2v) is 3.41. The van der Waals surface area contributed by atoms with Gasteiger partial charge in [-0.05, 0) is 37.1 Å². The van der Waals surface area contributed by atoms with Crippen molar-refractivity contribution < 1.29 is 9.90 Å². The van der Waals surface area contributed by atoms with Crippen LogP contribution in [0.15, 0.2) is 29.8 Å². The average molecular weight is 205 g/mol. The summed E-state index contributed by atoms with van der Waals surface area (Å²) in [6.45, 7) is 2.21. The quantitative estimate of drug-likeness (QED) is 0.735. The van der Waals surface area contributed by atoms with E-state index < -0.39 is 5.97 Å². The highest BCUT2D eigenvalue weighted by atomic mass is 16.4. The Labute approximate surface area is 89.2 Å². The van der Waals surface area contributed by atoms with Crippen LogP contribution in [0.3, 0.4) is 0 Å². The van der Waals surface area contributed by atoms with Gasteiger partial charge in [-0.15, -0.1) is 0 Å². The standard InChI is InChI=1S/C12H15NO2/c1-9(12(14)15)8-11-4-2-10(3-5-11)6-7-13/h2-5,8H,6-7,13H2,1H3,(H,14,15). The molecule has 0 spiro atoms. The van der Waals surface area contributed by atoms with Crippen LogP contribution in [0.4, 0.5) is 0 Å². The van der Waals surface area contributed by atoms with Gasteiger partial charge in [0.1, 0.15) is 0 Å². The number of nitrogens with two attached hydrogens (primary N) is 1. The van der Waals surface area contributed by atoms with Gasteiger partial charge in [-0.1, -0.05) is 24.3 Å². The second kappa shape index (κ2) is 5.32. The van der Waals surface area contributed by atoms with E-state index in [4.69, 9.17) is 10.8 Å². The fourth-order valence-electron chi connectivity index (χ4n) is 1.26. The first-order valence-electron chi connectivity index (χ1n) is 4.84. The molecule has 0 aliphatic rings. The molecule has 15 heavy (non-hydrogen) atoms. The van der Waals surface area contributed by atoms with Gasteiger partial charge in [0, 0.05) is 5.57 Å². The monoisotopic (exact) mass is 205 g/mol. The number of aliphatic carboxylic acids is 1.